The van der Waals surface area contributed by atoms with Gasteiger partial charge in [-0.2, -0.15) is 0 Å². The van der Waals surface area contributed by atoms with Crippen molar-refractivity contribution < 1.29 is 29.0 Å². The maximum Gasteiger partial charge on any atom is 0.353 e. The van der Waals surface area contributed by atoms with Crippen molar-refractivity contribution in [1.29, 1.82) is 0 Å². The zero-order chi connectivity index (χ0) is 13.3. The second-order valence-corrected chi connectivity index (χ2v) is 4.98. The van der Waals surface area contributed by atoms with Gasteiger partial charge in [0.2, 0.25) is 5.91 Å². The largest absolute Gasteiger partial charge is 0.477 e. The molecule has 18 heavy (non-hydrogen) atoms. The minimum Gasteiger partial charge on any atom is -0.477 e. The summed E-state index contributed by atoms with van der Waals surface area (Å²) in [6, 6.07) is 0. The van der Waals surface area contributed by atoms with Gasteiger partial charge in [0.25, 0.3) is 0 Å². The summed E-state index contributed by atoms with van der Waals surface area (Å²) in [7, 11) is 1.36. The molecule has 2 heterocycles. The summed E-state index contributed by atoms with van der Waals surface area (Å²) in [5.41, 5.74) is -0.0773. The lowest BCUT2D eigenvalue weighted by atomic mass is 10.1. The van der Waals surface area contributed by atoms with Gasteiger partial charge in [0, 0.05) is 7.11 Å². The molecule has 98 valence electrons. The SMILES string of the molecule is COCC(=O)OCC1=C(C(=O)O)N2C(=O)C[C@H]2S1. The number of ether oxygens (including phenoxy) is 2. The number of esters is 1. The van der Waals surface area contributed by atoms with Crippen molar-refractivity contribution in [1.82, 2.24) is 4.90 Å². The molecule has 0 aromatic carbocycles. The van der Waals surface area contributed by atoms with E-state index in [0.29, 0.717) is 11.3 Å². The Balaban J connectivity index is 2.05. The van der Waals surface area contributed by atoms with Gasteiger partial charge >= 0.3 is 11.9 Å². The Kier molecular flexibility index (Phi) is 3.58. The Morgan fingerprint density at radius 2 is 2.28 bits per heavy atom. The van der Waals surface area contributed by atoms with Crippen LogP contribution in [0.2, 0.25) is 0 Å². The van der Waals surface area contributed by atoms with E-state index in [1.807, 2.05) is 0 Å². The van der Waals surface area contributed by atoms with E-state index in [2.05, 4.69) is 4.74 Å². The second-order valence-electron chi connectivity index (χ2n) is 3.71. The Morgan fingerprint density at radius 3 is 2.83 bits per heavy atom. The standard InChI is InChI=1S/C10H11NO6S/c1-16-4-8(13)17-3-5-9(10(14)15)11-6(12)2-7(11)18-5/h7H,2-4H2,1H3,(H,14,15)/t7-/m1/s1. The molecule has 8 heteroatoms. The van der Waals surface area contributed by atoms with Crippen molar-refractivity contribution in [2.45, 2.75) is 11.8 Å². The van der Waals surface area contributed by atoms with Crippen LogP contribution in [0.1, 0.15) is 6.42 Å². The number of nitrogens with zero attached hydrogens (tertiary/aromatic N) is 1. The smallest absolute Gasteiger partial charge is 0.353 e. The van der Waals surface area contributed by atoms with Crippen LogP contribution in [0, 0.1) is 0 Å². The van der Waals surface area contributed by atoms with Crippen LogP contribution >= 0.6 is 11.8 Å². The average molecular weight is 273 g/mol. The number of β-lactam (4-membered cyclic amide) rings is 1. The van der Waals surface area contributed by atoms with Crippen LogP contribution in [0.5, 0.6) is 0 Å². The first-order valence-corrected chi connectivity index (χ1v) is 6.02. The molecule has 1 saturated heterocycles. The van der Waals surface area contributed by atoms with Crippen molar-refractivity contribution in [3.05, 3.63) is 10.6 Å². The molecule has 1 amide bonds. The van der Waals surface area contributed by atoms with Gasteiger partial charge in [0.05, 0.1) is 16.7 Å². The molecule has 2 aliphatic heterocycles. The molecule has 1 N–H and O–H groups in total. The van der Waals surface area contributed by atoms with E-state index in [1.165, 1.54) is 23.8 Å². The molecule has 0 aromatic heterocycles. The average Bonchev–Trinajstić information content (AvgIpc) is 2.59. The molecule has 1 fully saturated rings. The highest BCUT2D eigenvalue weighted by Gasteiger charge is 2.48. The molecule has 0 aliphatic carbocycles. The maximum absolute atomic E-state index is 11.3. The van der Waals surface area contributed by atoms with Crippen molar-refractivity contribution in [2.24, 2.45) is 0 Å². The number of rotatable bonds is 5. The third kappa shape index (κ3) is 2.21. The normalized spacial score (nSPS) is 21.7. The van der Waals surface area contributed by atoms with Crippen LogP contribution < -0.4 is 0 Å². The Morgan fingerprint density at radius 1 is 1.56 bits per heavy atom. The monoisotopic (exact) mass is 273 g/mol. The molecule has 0 radical (unpaired) electrons. The molecule has 1 atom stereocenters. The van der Waals surface area contributed by atoms with E-state index in [9.17, 15) is 14.4 Å². The lowest BCUT2D eigenvalue weighted by Crippen LogP contribution is -2.48. The first kappa shape index (κ1) is 12.9. The van der Waals surface area contributed by atoms with Crippen LogP contribution in [0.3, 0.4) is 0 Å². The van der Waals surface area contributed by atoms with Crippen molar-refractivity contribution in [2.75, 3.05) is 20.3 Å². The van der Waals surface area contributed by atoms with E-state index in [0.717, 1.165) is 0 Å². The number of carbonyl (C=O) groups excluding carboxylic acids is 2. The lowest BCUT2D eigenvalue weighted by Gasteiger charge is -2.33. The van der Waals surface area contributed by atoms with Gasteiger partial charge < -0.3 is 14.6 Å². The van der Waals surface area contributed by atoms with Gasteiger partial charge in [-0.25, -0.2) is 9.59 Å². The van der Waals surface area contributed by atoms with Crippen LogP contribution in [0.4, 0.5) is 0 Å². The first-order valence-electron chi connectivity index (χ1n) is 5.14. The molecule has 0 bridgehead atoms. The van der Waals surface area contributed by atoms with Crippen LogP contribution in [-0.4, -0.2) is 53.5 Å². The molecule has 0 saturated carbocycles. The van der Waals surface area contributed by atoms with Crippen LogP contribution in [-0.2, 0) is 23.9 Å². The highest BCUT2D eigenvalue weighted by Crippen LogP contribution is 2.45. The minimum atomic E-state index is -1.18. The summed E-state index contributed by atoms with van der Waals surface area (Å²) in [5, 5.41) is 8.89. The lowest BCUT2D eigenvalue weighted by molar-refractivity contribution is -0.147. The van der Waals surface area contributed by atoms with E-state index >= 15 is 0 Å². The summed E-state index contributed by atoms with van der Waals surface area (Å²) < 4.78 is 9.45. The van der Waals surface area contributed by atoms with Crippen molar-refractivity contribution in [3.63, 3.8) is 0 Å². The number of methoxy groups -OCH3 is 1. The summed E-state index contributed by atoms with van der Waals surface area (Å²) in [4.78, 5) is 35.1. The van der Waals surface area contributed by atoms with E-state index in [4.69, 9.17) is 9.84 Å². The third-order valence-electron chi connectivity index (χ3n) is 2.52. The van der Waals surface area contributed by atoms with Gasteiger partial charge in [0.1, 0.15) is 18.9 Å². The first-order chi connectivity index (χ1) is 8.54. The number of aliphatic carboxylic acids is 1. The van der Waals surface area contributed by atoms with Gasteiger partial charge in [-0.3, -0.25) is 9.69 Å². The number of amides is 1. The maximum atomic E-state index is 11.3. The number of hydrogen-bond acceptors (Lipinski definition) is 6. The third-order valence-corrected chi connectivity index (χ3v) is 3.76. The predicted molar refractivity (Wildman–Crippen MR) is 60.3 cm³/mol. The molecule has 0 unspecified atom stereocenters. The fraction of sp³-hybridized carbons (Fsp3) is 0.500. The van der Waals surface area contributed by atoms with Crippen LogP contribution in [0.15, 0.2) is 10.6 Å². The number of carbonyl (C=O) groups is 3. The number of carboxylic acids is 1. The molecule has 2 rings (SSSR count). The van der Waals surface area contributed by atoms with Gasteiger partial charge in [0.15, 0.2) is 0 Å². The van der Waals surface area contributed by atoms with E-state index in [1.54, 1.807) is 0 Å². The summed E-state index contributed by atoms with van der Waals surface area (Å²) in [6.45, 7) is -0.332. The molecule has 0 spiro atoms. The van der Waals surface area contributed by atoms with Gasteiger partial charge in [-0.1, -0.05) is 11.8 Å². The molecule has 0 aromatic rings. The quantitative estimate of drug-likeness (QED) is 0.546. The Hall–Kier alpha value is -1.54. The van der Waals surface area contributed by atoms with Crippen LogP contribution in [0.25, 0.3) is 0 Å². The zero-order valence-electron chi connectivity index (χ0n) is 9.54. The zero-order valence-corrected chi connectivity index (χ0v) is 10.4. The molecule has 7 nitrogen and oxygen atoms in total. The topological polar surface area (TPSA) is 93.1 Å². The van der Waals surface area contributed by atoms with Gasteiger partial charge in [-0.15, -0.1) is 0 Å². The molecular weight excluding hydrogens is 262 g/mol. The fourth-order valence-corrected chi connectivity index (χ4v) is 3.04. The predicted octanol–water partition coefficient (Wildman–Crippen LogP) is -0.223. The molecular formula is C10H11NO6S. The van der Waals surface area contributed by atoms with E-state index in [-0.39, 0.29) is 30.2 Å². The van der Waals surface area contributed by atoms with Crippen molar-refractivity contribution >= 4 is 29.6 Å². The summed E-state index contributed by atoms with van der Waals surface area (Å²) in [5.74, 6) is -1.98. The number of carboxylic acid groups (broad SMARTS) is 1. The minimum absolute atomic E-state index is 0.0773. The highest BCUT2D eigenvalue weighted by molar-refractivity contribution is 8.04. The fourth-order valence-electron chi connectivity index (χ4n) is 1.73. The van der Waals surface area contributed by atoms with E-state index < -0.39 is 11.9 Å². The Labute approximate surface area is 107 Å². The number of hydrogen-bond donors (Lipinski definition) is 1. The summed E-state index contributed by atoms with van der Waals surface area (Å²) >= 11 is 1.25. The van der Waals surface area contributed by atoms with Crippen molar-refractivity contribution in [3.8, 4) is 0 Å². The molecule has 2 aliphatic rings. The number of thioether (sulfide) groups is 1. The number of fused-ring (bicyclic) bond motifs is 1. The van der Waals surface area contributed by atoms with Gasteiger partial charge in [-0.05, 0) is 0 Å². The Bertz CT molecular complexity index is 446. The second kappa shape index (κ2) is 4.99. The highest BCUT2D eigenvalue weighted by atomic mass is 32.2. The summed E-state index contributed by atoms with van der Waals surface area (Å²) in [6.07, 6.45) is 0.316.